The number of ether oxygens (including phenoxy) is 3. The summed E-state index contributed by atoms with van der Waals surface area (Å²) in [5.74, 6) is 0.638. The molecule has 3 heterocycles. The molecular weight excluding hydrogens is 368 g/mol. The fraction of sp³-hybridized carbons (Fsp3) is 0.609. The fourth-order valence-corrected chi connectivity index (χ4v) is 6.42. The van der Waals surface area contributed by atoms with E-state index in [9.17, 15) is 4.79 Å². The Balaban J connectivity index is 1.64. The number of para-hydroxylation sites is 1. The van der Waals surface area contributed by atoms with Crippen LogP contribution in [0, 0.1) is 11.8 Å². The van der Waals surface area contributed by atoms with E-state index in [4.69, 9.17) is 14.2 Å². The number of aromatic amines is 1. The van der Waals surface area contributed by atoms with Crippen LogP contribution >= 0.6 is 0 Å². The van der Waals surface area contributed by atoms with Crippen molar-refractivity contribution < 1.29 is 19.0 Å². The highest BCUT2D eigenvalue weighted by Gasteiger charge is 2.69. The molecule has 1 aromatic heterocycles. The zero-order valence-corrected chi connectivity index (χ0v) is 17.3. The van der Waals surface area contributed by atoms with Gasteiger partial charge in [-0.25, -0.2) is 0 Å². The number of benzene rings is 1. The van der Waals surface area contributed by atoms with Gasteiger partial charge in [0, 0.05) is 56.6 Å². The quantitative estimate of drug-likeness (QED) is 0.574. The number of H-pyrrole nitrogens is 1. The number of aromatic nitrogens is 1. The number of hydrogen-bond acceptors (Lipinski definition) is 5. The molecule has 5 atom stereocenters. The number of hydrogen-bond donors (Lipinski definition) is 1. The van der Waals surface area contributed by atoms with Crippen molar-refractivity contribution in [1.82, 2.24) is 9.88 Å². The smallest absolute Gasteiger partial charge is 0.320 e. The third-order valence-corrected chi connectivity index (χ3v) is 7.42. The van der Waals surface area contributed by atoms with Crippen LogP contribution in [0.2, 0.25) is 0 Å². The molecule has 29 heavy (non-hydrogen) atoms. The van der Waals surface area contributed by atoms with Crippen molar-refractivity contribution in [2.45, 2.75) is 30.7 Å². The summed E-state index contributed by atoms with van der Waals surface area (Å²) < 4.78 is 16.4. The van der Waals surface area contributed by atoms with Gasteiger partial charge in [0.1, 0.15) is 12.0 Å². The number of carbonyl (C=O) groups excluding carboxylic acids is 1. The molecule has 156 valence electrons. The van der Waals surface area contributed by atoms with Crippen LogP contribution in [0.1, 0.15) is 24.1 Å². The second kappa shape index (κ2) is 7.42. The summed E-state index contributed by atoms with van der Waals surface area (Å²) in [6.45, 7) is 3.42. The highest BCUT2D eigenvalue weighted by atomic mass is 16.6. The van der Waals surface area contributed by atoms with Crippen LogP contribution in [-0.2, 0) is 30.8 Å². The average Bonchev–Trinajstić information content (AvgIpc) is 3.32. The summed E-state index contributed by atoms with van der Waals surface area (Å²) in [6, 6.07) is 8.60. The number of nitrogens with one attached hydrogen (secondary N) is 1. The Morgan fingerprint density at radius 3 is 2.86 bits per heavy atom. The van der Waals surface area contributed by atoms with E-state index in [-0.39, 0.29) is 17.9 Å². The Hall–Kier alpha value is -1.89. The molecule has 0 amide bonds. The number of esters is 1. The summed E-state index contributed by atoms with van der Waals surface area (Å²) in [4.78, 5) is 20.0. The van der Waals surface area contributed by atoms with Crippen molar-refractivity contribution in [1.29, 1.82) is 0 Å². The molecule has 2 fully saturated rings. The van der Waals surface area contributed by atoms with Crippen molar-refractivity contribution in [3.63, 3.8) is 0 Å². The van der Waals surface area contributed by atoms with E-state index in [2.05, 4.69) is 34.1 Å². The number of rotatable bonds is 7. The summed E-state index contributed by atoms with van der Waals surface area (Å²) in [7, 11) is 3.39. The van der Waals surface area contributed by atoms with Crippen LogP contribution in [0.15, 0.2) is 24.3 Å². The Kier molecular flexibility index (Phi) is 4.88. The van der Waals surface area contributed by atoms with Gasteiger partial charge in [-0.1, -0.05) is 18.2 Å². The highest BCUT2D eigenvalue weighted by Crippen LogP contribution is 2.59. The van der Waals surface area contributed by atoms with E-state index >= 15 is 0 Å². The summed E-state index contributed by atoms with van der Waals surface area (Å²) in [5.41, 5.74) is 2.91. The lowest BCUT2D eigenvalue weighted by Gasteiger charge is -2.35. The minimum Gasteiger partial charge on any atom is -0.462 e. The van der Waals surface area contributed by atoms with Crippen LogP contribution in [0.4, 0.5) is 0 Å². The normalized spacial score (nSPS) is 32.3. The maximum atomic E-state index is 13.8. The van der Waals surface area contributed by atoms with Crippen LogP contribution in [0.25, 0.3) is 10.9 Å². The molecule has 0 radical (unpaired) electrons. The first-order valence-electron chi connectivity index (χ1n) is 10.7. The summed E-state index contributed by atoms with van der Waals surface area (Å²) >= 11 is 0. The van der Waals surface area contributed by atoms with Crippen LogP contribution in [-0.4, -0.2) is 69.0 Å². The minimum absolute atomic E-state index is 0.0818. The van der Waals surface area contributed by atoms with Crippen LogP contribution in [0.3, 0.4) is 0 Å². The second-order valence-electron chi connectivity index (χ2n) is 8.69. The van der Waals surface area contributed by atoms with Gasteiger partial charge in [0.25, 0.3) is 0 Å². The number of piperidine rings is 1. The van der Waals surface area contributed by atoms with Gasteiger partial charge in [0.05, 0.1) is 6.61 Å². The molecule has 1 aromatic carbocycles. The van der Waals surface area contributed by atoms with E-state index in [0.29, 0.717) is 19.1 Å². The number of nitrogens with zero attached hydrogens (tertiary/aromatic N) is 1. The SMILES string of the molecule is COCCOC(=O)[C@@]12c3[nH]c4ccccc4c3CCN3CC1C[C@@H](CCOC)C32. The average molecular weight is 399 g/mol. The highest BCUT2D eigenvalue weighted by molar-refractivity contribution is 5.92. The molecule has 1 aliphatic carbocycles. The van der Waals surface area contributed by atoms with E-state index in [1.54, 1.807) is 14.2 Å². The summed E-state index contributed by atoms with van der Waals surface area (Å²) in [6.07, 6.45) is 3.00. The number of fused-ring (bicyclic) bond motifs is 3. The molecule has 1 saturated heterocycles. The van der Waals surface area contributed by atoms with E-state index < -0.39 is 5.41 Å². The first kappa shape index (κ1) is 19.1. The first-order valence-corrected chi connectivity index (χ1v) is 10.7. The fourth-order valence-electron chi connectivity index (χ4n) is 6.42. The Labute approximate surface area is 171 Å². The van der Waals surface area contributed by atoms with Crippen molar-refractivity contribution in [3.8, 4) is 0 Å². The lowest BCUT2D eigenvalue weighted by molar-refractivity contribution is -0.154. The van der Waals surface area contributed by atoms with Gasteiger partial charge < -0.3 is 19.2 Å². The van der Waals surface area contributed by atoms with Crippen molar-refractivity contribution in [3.05, 3.63) is 35.5 Å². The van der Waals surface area contributed by atoms with E-state index in [0.717, 1.165) is 50.2 Å². The van der Waals surface area contributed by atoms with E-state index in [1.807, 2.05) is 0 Å². The minimum atomic E-state index is -0.614. The second-order valence-corrected chi connectivity index (χ2v) is 8.69. The van der Waals surface area contributed by atoms with Crippen LogP contribution in [0.5, 0.6) is 0 Å². The molecular formula is C23H30N2O4. The third-order valence-electron chi connectivity index (χ3n) is 7.42. The predicted molar refractivity (Wildman–Crippen MR) is 110 cm³/mol. The van der Waals surface area contributed by atoms with Gasteiger partial charge in [-0.3, -0.25) is 9.69 Å². The third kappa shape index (κ3) is 2.69. The van der Waals surface area contributed by atoms with Gasteiger partial charge in [-0.05, 0) is 42.7 Å². The first-order chi connectivity index (χ1) is 14.2. The lowest BCUT2D eigenvalue weighted by atomic mass is 9.73. The number of carbonyl (C=O) groups is 1. The van der Waals surface area contributed by atoms with E-state index in [1.165, 1.54) is 10.9 Å². The van der Waals surface area contributed by atoms with Crippen molar-refractivity contribution >= 4 is 16.9 Å². The van der Waals surface area contributed by atoms with Gasteiger partial charge in [0.2, 0.25) is 0 Å². The standard InChI is InChI=1S/C23H30N2O4/c1-27-10-8-15-13-16-14-25-9-7-18-17-5-3-4-6-19(17)24-20(18)23(16,21(15)25)22(26)29-12-11-28-2/h3-6,15-16,21,24H,7-14H2,1-2H3/t15-,16?,21?,23-/m1/s1. The molecule has 1 N–H and O–H groups in total. The Morgan fingerprint density at radius 1 is 1.21 bits per heavy atom. The topological polar surface area (TPSA) is 63.8 Å². The predicted octanol–water partition coefficient (Wildman–Crippen LogP) is 2.51. The maximum absolute atomic E-state index is 13.8. The van der Waals surface area contributed by atoms with Crippen molar-refractivity contribution in [2.75, 3.05) is 47.1 Å². The monoisotopic (exact) mass is 398 g/mol. The van der Waals surface area contributed by atoms with Crippen molar-refractivity contribution in [2.24, 2.45) is 11.8 Å². The molecule has 3 aliphatic rings. The molecule has 4 bridgehead atoms. The van der Waals surface area contributed by atoms with Gasteiger partial charge in [0.15, 0.2) is 0 Å². The molecule has 0 spiro atoms. The largest absolute Gasteiger partial charge is 0.462 e. The Morgan fingerprint density at radius 2 is 2.03 bits per heavy atom. The summed E-state index contributed by atoms with van der Waals surface area (Å²) in [5, 5.41) is 1.24. The maximum Gasteiger partial charge on any atom is 0.320 e. The lowest BCUT2D eigenvalue weighted by Crippen LogP contribution is -2.50. The molecule has 3 unspecified atom stereocenters. The van der Waals surface area contributed by atoms with Crippen LogP contribution < -0.4 is 0 Å². The molecule has 6 nitrogen and oxygen atoms in total. The van der Waals surface area contributed by atoms with Gasteiger partial charge in [-0.15, -0.1) is 0 Å². The molecule has 6 heteroatoms. The van der Waals surface area contributed by atoms with Gasteiger partial charge >= 0.3 is 5.97 Å². The number of methoxy groups -OCH3 is 2. The molecule has 1 saturated carbocycles. The molecule has 2 aromatic rings. The molecule has 2 aliphatic heterocycles. The molecule has 5 rings (SSSR count). The zero-order valence-electron chi connectivity index (χ0n) is 17.3. The Bertz CT molecular complexity index is 909. The van der Waals surface area contributed by atoms with Gasteiger partial charge in [-0.2, -0.15) is 0 Å². The zero-order chi connectivity index (χ0) is 20.0.